The van der Waals surface area contributed by atoms with Crippen LogP contribution in [0.5, 0.6) is 0 Å². The lowest BCUT2D eigenvalue weighted by Gasteiger charge is -2.22. The summed E-state index contributed by atoms with van der Waals surface area (Å²) in [6.07, 6.45) is 14.2. The fraction of sp³-hybridized carbons (Fsp3) is 0.0889. The zero-order valence-electron chi connectivity index (χ0n) is 27.1. The van der Waals surface area contributed by atoms with Crippen LogP contribution in [-0.4, -0.2) is 9.13 Å². The van der Waals surface area contributed by atoms with Gasteiger partial charge < -0.3 is 9.13 Å². The molecule has 0 bridgehead atoms. The smallest absolute Gasteiger partial charge is 0.0991 e. The minimum atomic E-state index is 0.0916. The first-order chi connectivity index (χ1) is 24.6. The first-order valence-electron chi connectivity index (χ1n) is 16.9. The summed E-state index contributed by atoms with van der Waals surface area (Å²) in [5, 5.41) is 32.0. The van der Waals surface area contributed by atoms with Crippen molar-refractivity contribution in [3.05, 3.63) is 161 Å². The Morgan fingerprint density at radius 3 is 1.98 bits per heavy atom. The Balaban J connectivity index is 1.25. The van der Waals surface area contributed by atoms with Gasteiger partial charge in [-0.2, -0.15) is 15.8 Å². The molecule has 2 aliphatic rings. The number of nitrogens with zero attached hydrogens (tertiary/aromatic N) is 5. The second-order valence-electron chi connectivity index (χ2n) is 13.0. The number of allylic oxidation sites excluding steroid dienone is 5. The molecular weight excluding hydrogens is 611 g/mol. The quantitative estimate of drug-likeness (QED) is 0.192. The van der Waals surface area contributed by atoms with Crippen LogP contribution in [0.4, 0.5) is 0 Å². The van der Waals surface area contributed by atoms with E-state index in [0.29, 0.717) is 16.7 Å². The fourth-order valence-electron chi connectivity index (χ4n) is 7.84. The first-order valence-corrected chi connectivity index (χ1v) is 16.9. The molecule has 5 nitrogen and oxygen atoms in total. The van der Waals surface area contributed by atoms with E-state index in [1.54, 1.807) is 0 Å². The van der Waals surface area contributed by atoms with Crippen molar-refractivity contribution in [3.63, 3.8) is 0 Å². The maximum atomic E-state index is 9.68. The lowest BCUT2D eigenvalue weighted by molar-refractivity contribution is 0.843. The average molecular weight is 640 g/mol. The van der Waals surface area contributed by atoms with Gasteiger partial charge in [0.15, 0.2) is 0 Å². The van der Waals surface area contributed by atoms with E-state index >= 15 is 0 Å². The number of hydrogen-bond acceptors (Lipinski definition) is 3. The minimum Gasteiger partial charge on any atom is -0.313 e. The summed E-state index contributed by atoms with van der Waals surface area (Å²) < 4.78 is 4.70. The van der Waals surface area contributed by atoms with Crippen LogP contribution in [0.2, 0.25) is 0 Å². The molecule has 5 aromatic carbocycles. The molecule has 0 radical (unpaired) electrons. The molecule has 0 fully saturated rings. The Kier molecular flexibility index (Phi) is 6.84. The summed E-state index contributed by atoms with van der Waals surface area (Å²) in [6.45, 7) is 0. The van der Waals surface area contributed by atoms with Gasteiger partial charge in [0, 0.05) is 44.7 Å². The van der Waals surface area contributed by atoms with Gasteiger partial charge >= 0.3 is 0 Å². The molecule has 2 aliphatic carbocycles. The molecule has 0 saturated heterocycles. The molecule has 1 atom stereocenters. The standard InChI is InChI=1S/C45H29N5/c46-26-29-12-16-32(17-13-29)34-22-35(25-37(24-34)50-42-10-3-1-8-38(42)39-9-2-4-11-43(39)50)33-6-5-7-36(23-33)49-44-18-14-30(27-47)20-40(44)41-21-31(28-48)15-19-45(41)49/h1-3,5,7-10,12-25,33H,4,6,11H2. The third kappa shape index (κ3) is 4.67. The Morgan fingerprint density at radius 2 is 1.26 bits per heavy atom. The summed E-state index contributed by atoms with van der Waals surface area (Å²) in [6, 6.07) is 41.8. The van der Waals surface area contributed by atoms with Crippen LogP contribution in [0.1, 0.15) is 52.3 Å². The maximum absolute atomic E-state index is 9.68. The highest BCUT2D eigenvalue weighted by Crippen LogP contribution is 2.40. The number of hydrogen-bond donors (Lipinski definition) is 0. The van der Waals surface area contributed by atoms with Gasteiger partial charge in [-0.3, -0.25) is 0 Å². The summed E-state index contributed by atoms with van der Waals surface area (Å²) >= 11 is 0. The van der Waals surface area contributed by atoms with E-state index in [2.05, 4.69) is 100 Å². The SMILES string of the molecule is N#Cc1ccc(-c2cc(C3C=C(n4c5ccc(C#N)cc5c5cc(C#N)ccc54)C=CC3)cc(-n3c4c(c5ccccc53)C=CCC4)c2)cc1. The molecule has 2 heterocycles. The zero-order chi connectivity index (χ0) is 33.8. The average Bonchev–Trinajstić information content (AvgIpc) is 3.70. The molecule has 2 aromatic heterocycles. The number of nitriles is 3. The summed E-state index contributed by atoms with van der Waals surface area (Å²) in [5.74, 6) is 0.0916. The monoisotopic (exact) mass is 639 g/mol. The van der Waals surface area contributed by atoms with Crippen molar-refractivity contribution in [2.75, 3.05) is 0 Å². The number of fused-ring (bicyclic) bond motifs is 6. The van der Waals surface area contributed by atoms with Gasteiger partial charge in [-0.1, -0.05) is 60.7 Å². The van der Waals surface area contributed by atoms with Gasteiger partial charge in [-0.05, 0) is 109 Å². The van der Waals surface area contributed by atoms with Crippen LogP contribution in [-0.2, 0) is 6.42 Å². The van der Waals surface area contributed by atoms with E-state index in [1.807, 2.05) is 60.7 Å². The molecule has 9 rings (SSSR count). The molecule has 5 heteroatoms. The molecule has 0 spiro atoms. The molecule has 0 amide bonds. The highest BCUT2D eigenvalue weighted by molar-refractivity contribution is 6.11. The van der Waals surface area contributed by atoms with Crippen molar-refractivity contribution in [1.29, 1.82) is 15.8 Å². The predicted octanol–water partition coefficient (Wildman–Crippen LogP) is 10.6. The van der Waals surface area contributed by atoms with E-state index in [1.165, 1.54) is 27.7 Å². The molecule has 50 heavy (non-hydrogen) atoms. The second kappa shape index (κ2) is 11.7. The summed E-state index contributed by atoms with van der Waals surface area (Å²) in [5.41, 5.74) is 13.2. The third-order valence-electron chi connectivity index (χ3n) is 10.2. The molecule has 1 unspecified atom stereocenters. The third-order valence-corrected chi connectivity index (χ3v) is 10.2. The molecule has 0 N–H and O–H groups in total. The number of para-hydroxylation sites is 1. The van der Waals surface area contributed by atoms with Crippen molar-refractivity contribution in [2.24, 2.45) is 0 Å². The summed E-state index contributed by atoms with van der Waals surface area (Å²) in [7, 11) is 0. The largest absolute Gasteiger partial charge is 0.313 e. The Hall–Kier alpha value is -6.87. The molecule has 0 aliphatic heterocycles. The number of benzene rings is 5. The minimum absolute atomic E-state index is 0.0916. The highest BCUT2D eigenvalue weighted by Gasteiger charge is 2.22. The fourth-order valence-corrected chi connectivity index (χ4v) is 7.84. The van der Waals surface area contributed by atoms with Crippen molar-refractivity contribution in [1.82, 2.24) is 9.13 Å². The predicted molar refractivity (Wildman–Crippen MR) is 200 cm³/mol. The topological polar surface area (TPSA) is 81.2 Å². The van der Waals surface area contributed by atoms with Crippen molar-refractivity contribution in [2.45, 2.75) is 25.2 Å². The van der Waals surface area contributed by atoms with Crippen LogP contribution in [0, 0.1) is 34.0 Å². The van der Waals surface area contributed by atoms with Crippen LogP contribution < -0.4 is 0 Å². The molecule has 0 saturated carbocycles. The number of rotatable bonds is 4. The summed E-state index contributed by atoms with van der Waals surface area (Å²) in [4.78, 5) is 0. The van der Waals surface area contributed by atoms with Crippen LogP contribution >= 0.6 is 0 Å². The van der Waals surface area contributed by atoms with Crippen LogP contribution in [0.3, 0.4) is 0 Å². The molecule has 7 aromatic rings. The van der Waals surface area contributed by atoms with E-state index in [-0.39, 0.29) is 5.92 Å². The Labute approximate surface area is 289 Å². The van der Waals surface area contributed by atoms with Gasteiger partial charge in [0.2, 0.25) is 0 Å². The number of aromatic nitrogens is 2. The normalized spacial score (nSPS) is 15.1. The van der Waals surface area contributed by atoms with Crippen molar-refractivity contribution >= 4 is 44.5 Å². The van der Waals surface area contributed by atoms with E-state index in [9.17, 15) is 15.8 Å². The van der Waals surface area contributed by atoms with Gasteiger partial charge in [0.05, 0.1) is 51.4 Å². The molecule has 234 valence electrons. The molecular formula is C45H29N5. The van der Waals surface area contributed by atoms with E-state index in [0.717, 1.165) is 63.6 Å². The van der Waals surface area contributed by atoms with Crippen LogP contribution in [0.15, 0.2) is 127 Å². The first kappa shape index (κ1) is 29.3. The second-order valence-corrected chi connectivity index (χ2v) is 13.0. The van der Waals surface area contributed by atoms with E-state index < -0.39 is 0 Å². The lowest BCUT2D eigenvalue weighted by Crippen LogP contribution is -2.07. The van der Waals surface area contributed by atoms with Gasteiger partial charge in [0.1, 0.15) is 0 Å². The zero-order valence-corrected chi connectivity index (χ0v) is 27.1. The Morgan fingerprint density at radius 1 is 0.580 bits per heavy atom. The van der Waals surface area contributed by atoms with Crippen molar-refractivity contribution in [3.8, 4) is 35.0 Å². The van der Waals surface area contributed by atoms with E-state index in [4.69, 9.17) is 0 Å². The maximum Gasteiger partial charge on any atom is 0.0991 e. The van der Waals surface area contributed by atoms with Crippen LogP contribution in [0.25, 0.3) is 61.3 Å². The van der Waals surface area contributed by atoms with Crippen molar-refractivity contribution < 1.29 is 0 Å². The highest BCUT2D eigenvalue weighted by atomic mass is 15.0. The van der Waals surface area contributed by atoms with Gasteiger partial charge in [-0.25, -0.2) is 0 Å². The Bertz CT molecular complexity index is 2690. The van der Waals surface area contributed by atoms with Gasteiger partial charge in [-0.15, -0.1) is 0 Å². The lowest BCUT2D eigenvalue weighted by atomic mass is 9.88. The van der Waals surface area contributed by atoms with Gasteiger partial charge in [0.25, 0.3) is 0 Å².